The maximum Gasteiger partial charge on any atom is 0.126 e. The number of aryl methyl sites for hydroxylation is 1. The van der Waals surface area contributed by atoms with Crippen LogP contribution in [0.5, 0.6) is 5.75 Å². The molecule has 0 aromatic heterocycles. The lowest BCUT2D eigenvalue weighted by Crippen LogP contribution is -1.89. The lowest BCUT2D eigenvalue weighted by molar-refractivity contribution is 0.468. The fraction of sp³-hybridized carbons (Fsp3) is 0.400. The van der Waals surface area contributed by atoms with Crippen molar-refractivity contribution in [1.29, 1.82) is 0 Å². The Kier molecular flexibility index (Phi) is 6.33. The number of rotatable bonds is 8. The Balaban J connectivity index is 1.95. The largest absolute Gasteiger partial charge is 0.507 e. The highest BCUT2D eigenvalue weighted by Crippen LogP contribution is 2.32. The fourth-order valence-corrected chi connectivity index (χ4v) is 2.74. The van der Waals surface area contributed by atoms with E-state index in [1.54, 1.807) is 0 Å². The Morgan fingerprint density at radius 2 is 1.48 bits per heavy atom. The van der Waals surface area contributed by atoms with Gasteiger partial charge in [0, 0.05) is 5.56 Å². The van der Waals surface area contributed by atoms with Crippen LogP contribution in [0.3, 0.4) is 0 Å². The zero-order valence-corrected chi connectivity index (χ0v) is 13.0. The van der Waals surface area contributed by atoms with Crippen molar-refractivity contribution in [2.45, 2.75) is 51.9 Å². The summed E-state index contributed by atoms with van der Waals surface area (Å²) < 4.78 is 0. The summed E-state index contributed by atoms with van der Waals surface area (Å²) in [7, 11) is 0. The van der Waals surface area contributed by atoms with Crippen LogP contribution in [0.25, 0.3) is 11.1 Å². The van der Waals surface area contributed by atoms with Gasteiger partial charge in [0.2, 0.25) is 0 Å². The molecule has 1 heteroatoms. The summed E-state index contributed by atoms with van der Waals surface area (Å²) in [6.07, 6.45) is 8.68. The highest BCUT2D eigenvalue weighted by atomic mass is 16.3. The number of hydrogen-bond acceptors (Lipinski definition) is 1. The maximum absolute atomic E-state index is 10.5. The van der Waals surface area contributed by atoms with Crippen LogP contribution in [0.15, 0.2) is 48.5 Å². The summed E-state index contributed by atoms with van der Waals surface area (Å²) in [4.78, 5) is 0. The number of phenols is 1. The van der Waals surface area contributed by atoms with Gasteiger partial charge in [0.25, 0.3) is 0 Å². The van der Waals surface area contributed by atoms with E-state index < -0.39 is 0 Å². The van der Waals surface area contributed by atoms with Crippen molar-refractivity contribution in [2.24, 2.45) is 0 Å². The average Bonchev–Trinajstić information content (AvgIpc) is 2.53. The molecule has 0 heterocycles. The van der Waals surface area contributed by atoms with Crippen LogP contribution >= 0.6 is 0 Å². The second kappa shape index (κ2) is 8.51. The van der Waals surface area contributed by atoms with E-state index in [4.69, 9.17) is 0 Å². The highest BCUT2D eigenvalue weighted by molar-refractivity contribution is 5.71. The minimum Gasteiger partial charge on any atom is -0.507 e. The first-order chi connectivity index (χ1) is 10.3. The van der Waals surface area contributed by atoms with E-state index in [2.05, 4.69) is 13.0 Å². The Hall–Kier alpha value is -1.76. The normalized spacial score (nSPS) is 10.7. The third-order valence-corrected chi connectivity index (χ3v) is 4.00. The summed E-state index contributed by atoms with van der Waals surface area (Å²) in [5.41, 5.74) is 3.10. The number of benzene rings is 2. The zero-order chi connectivity index (χ0) is 14.9. The zero-order valence-electron chi connectivity index (χ0n) is 13.0. The molecule has 0 atom stereocenters. The standard InChI is InChI=1S/C20H26O/c1-2-3-4-5-6-8-14-18-15-11-16-19(20(18)21)17-12-9-7-10-13-17/h7,9-13,15-16,21H,2-6,8,14H2,1H3. The topological polar surface area (TPSA) is 20.2 Å². The predicted octanol–water partition coefficient (Wildman–Crippen LogP) is 5.96. The molecular weight excluding hydrogens is 256 g/mol. The molecule has 0 saturated heterocycles. The molecule has 0 aliphatic rings. The van der Waals surface area contributed by atoms with E-state index in [1.165, 1.54) is 32.1 Å². The van der Waals surface area contributed by atoms with Crippen molar-refractivity contribution in [2.75, 3.05) is 0 Å². The van der Waals surface area contributed by atoms with Crippen molar-refractivity contribution >= 4 is 0 Å². The third kappa shape index (κ3) is 4.63. The quantitative estimate of drug-likeness (QED) is 0.592. The van der Waals surface area contributed by atoms with Gasteiger partial charge in [-0.2, -0.15) is 0 Å². The monoisotopic (exact) mass is 282 g/mol. The van der Waals surface area contributed by atoms with Crippen molar-refractivity contribution in [1.82, 2.24) is 0 Å². The number of phenolic OH excluding ortho intramolecular Hbond substituents is 1. The Morgan fingerprint density at radius 1 is 0.762 bits per heavy atom. The van der Waals surface area contributed by atoms with Gasteiger partial charge in [-0.15, -0.1) is 0 Å². The van der Waals surface area contributed by atoms with Gasteiger partial charge < -0.3 is 5.11 Å². The molecule has 0 radical (unpaired) electrons. The summed E-state index contributed by atoms with van der Waals surface area (Å²) >= 11 is 0. The molecule has 2 aromatic carbocycles. The van der Waals surface area contributed by atoms with E-state index in [9.17, 15) is 5.11 Å². The molecule has 0 bridgehead atoms. The number of aromatic hydroxyl groups is 1. The second-order valence-electron chi connectivity index (χ2n) is 5.70. The summed E-state index contributed by atoms with van der Waals surface area (Å²) in [6.45, 7) is 2.24. The van der Waals surface area contributed by atoms with Crippen LogP contribution in [0.1, 0.15) is 51.0 Å². The van der Waals surface area contributed by atoms with Crippen LogP contribution in [-0.2, 0) is 6.42 Å². The van der Waals surface area contributed by atoms with Gasteiger partial charge in [0.05, 0.1) is 0 Å². The average molecular weight is 282 g/mol. The first kappa shape index (κ1) is 15.6. The van der Waals surface area contributed by atoms with Crippen molar-refractivity contribution in [3.63, 3.8) is 0 Å². The molecule has 0 fully saturated rings. The van der Waals surface area contributed by atoms with Crippen molar-refractivity contribution in [3.05, 3.63) is 54.1 Å². The molecule has 0 saturated carbocycles. The maximum atomic E-state index is 10.5. The Bertz CT molecular complexity index is 531. The molecule has 2 aromatic rings. The van der Waals surface area contributed by atoms with E-state index in [0.29, 0.717) is 5.75 Å². The minimum absolute atomic E-state index is 0.456. The molecule has 0 unspecified atom stereocenters. The fourth-order valence-electron chi connectivity index (χ4n) is 2.74. The van der Waals surface area contributed by atoms with Gasteiger partial charge in [0.15, 0.2) is 0 Å². The minimum atomic E-state index is 0.456. The van der Waals surface area contributed by atoms with E-state index in [-0.39, 0.29) is 0 Å². The van der Waals surface area contributed by atoms with Crippen molar-refractivity contribution < 1.29 is 5.11 Å². The number of unbranched alkanes of at least 4 members (excludes halogenated alkanes) is 5. The summed E-state index contributed by atoms with van der Waals surface area (Å²) in [5.74, 6) is 0.456. The Morgan fingerprint density at radius 3 is 2.24 bits per heavy atom. The summed E-state index contributed by atoms with van der Waals surface area (Å²) in [5, 5.41) is 10.5. The number of para-hydroxylation sites is 1. The lowest BCUT2D eigenvalue weighted by Gasteiger charge is -2.10. The molecular formula is C20H26O. The van der Waals surface area contributed by atoms with Gasteiger partial charge in [-0.05, 0) is 24.0 Å². The molecule has 1 N–H and O–H groups in total. The van der Waals surface area contributed by atoms with Gasteiger partial charge in [-0.1, -0.05) is 87.6 Å². The van der Waals surface area contributed by atoms with E-state index in [1.807, 2.05) is 42.5 Å². The van der Waals surface area contributed by atoms with Gasteiger partial charge >= 0.3 is 0 Å². The SMILES string of the molecule is CCCCCCCCc1cccc(-c2ccccc2)c1O. The third-order valence-electron chi connectivity index (χ3n) is 4.00. The second-order valence-corrected chi connectivity index (χ2v) is 5.70. The molecule has 112 valence electrons. The molecule has 1 nitrogen and oxygen atoms in total. The van der Waals surface area contributed by atoms with E-state index >= 15 is 0 Å². The highest BCUT2D eigenvalue weighted by Gasteiger charge is 2.08. The predicted molar refractivity (Wildman–Crippen MR) is 90.6 cm³/mol. The first-order valence-electron chi connectivity index (χ1n) is 8.19. The van der Waals surface area contributed by atoms with E-state index in [0.717, 1.165) is 29.5 Å². The summed E-state index contributed by atoms with van der Waals surface area (Å²) in [6, 6.07) is 16.2. The van der Waals surface area contributed by atoms with Gasteiger partial charge in [-0.3, -0.25) is 0 Å². The van der Waals surface area contributed by atoms with Gasteiger partial charge in [-0.25, -0.2) is 0 Å². The smallest absolute Gasteiger partial charge is 0.126 e. The molecule has 0 aliphatic heterocycles. The van der Waals surface area contributed by atoms with Gasteiger partial charge in [0.1, 0.15) is 5.75 Å². The van der Waals surface area contributed by atoms with Crippen LogP contribution in [0.2, 0.25) is 0 Å². The molecule has 2 rings (SSSR count). The first-order valence-corrected chi connectivity index (χ1v) is 8.19. The van der Waals surface area contributed by atoms with Crippen LogP contribution in [0.4, 0.5) is 0 Å². The molecule has 0 spiro atoms. The molecule has 0 aliphatic carbocycles. The number of hydrogen-bond donors (Lipinski definition) is 1. The molecule has 0 amide bonds. The Labute approximate surface area is 128 Å². The van der Waals surface area contributed by atoms with Crippen LogP contribution in [0, 0.1) is 0 Å². The lowest BCUT2D eigenvalue weighted by atomic mass is 9.98. The van der Waals surface area contributed by atoms with Crippen LogP contribution in [-0.4, -0.2) is 5.11 Å². The van der Waals surface area contributed by atoms with Crippen LogP contribution < -0.4 is 0 Å². The van der Waals surface area contributed by atoms with Crippen molar-refractivity contribution in [3.8, 4) is 16.9 Å². The molecule has 21 heavy (non-hydrogen) atoms.